The summed E-state index contributed by atoms with van der Waals surface area (Å²) >= 11 is 0. The second kappa shape index (κ2) is 36.1. The molecule has 0 radical (unpaired) electrons. The highest BCUT2D eigenvalue weighted by atomic mass is 16.1. The molecule has 0 aromatic rings. The Bertz CT molecular complexity index is 88.9. The molecular weight excluding hydrogens is 210 g/mol. The first-order valence-corrected chi connectivity index (χ1v) is 7.43. The van der Waals surface area contributed by atoms with E-state index in [4.69, 9.17) is 0 Å². The molecule has 0 atom stereocenters. The first kappa shape index (κ1) is 25.5. The van der Waals surface area contributed by atoms with Crippen molar-refractivity contribution in [1.29, 1.82) is 0 Å². The molecule has 0 unspecified atom stereocenters. The van der Waals surface area contributed by atoms with Crippen LogP contribution in [0.1, 0.15) is 74.1 Å². The summed E-state index contributed by atoms with van der Waals surface area (Å²) in [6, 6.07) is 0. The Morgan fingerprint density at radius 3 is 1.29 bits per heavy atom. The summed E-state index contributed by atoms with van der Waals surface area (Å²) in [6.07, 6.45) is 5.79. The van der Waals surface area contributed by atoms with E-state index in [0.29, 0.717) is 6.42 Å². The first-order valence-electron chi connectivity index (χ1n) is 7.43. The number of hydrogen-bond donors (Lipinski definition) is 0. The van der Waals surface area contributed by atoms with Gasteiger partial charge in [-0.05, 0) is 33.0 Å². The van der Waals surface area contributed by atoms with Gasteiger partial charge in [0.2, 0.25) is 0 Å². The van der Waals surface area contributed by atoms with E-state index >= 15 is 0 Å². The average Bonchev–Trinajstić information content (AvgIpc) is 2.46. The summed E-state index contributed by atoms with van der Waals surface area (Å²) in [7, 11) is 2.19. The molecule has 1 fully saturated rings. The Morgan fingerprint density at radius 2 is 1.18 bits per heavy atom. The molecule has 1 saturated heterocycles. The maximum Gasteiger partial charge on any atom is 0.119 e. The van der Waals surface area contributed by atoms with Crippen LogP contribution in [0.5, 0.6) is 0 Å². The first-order chi connectivity index (χ1) is 8.31. The number of rotatable bonds is 1. The largest absolute Gasteiger partial charge is 0.306 e. The van der Waals surface area contributed by atoms with E-state index in [1.54, 1.807) is 0 Å². The Balaban J connectivity index is -0.0000000735. The molecule has 0 amide bonds. The summed E-state index contributed by atoms with van der Waals surface area (Å²) in [4.78, 5) is 11.6. The normalized spacial score (nSPS) is 12.9. The zero-order valence-electron chi connectivity index (χ0n) is 13.7. The van der Waals surface area contributed by atoms with Crippen molar-refractivity contribution in [2.75, 3.05) is 20.1 Å². The molecule has 17 heavy (non-hydrogen) atoms. The van der Waals surface area contributed by atoms with Crippen LogP contribution in [0.15, 0.2) is 0 Å². The van der Waals surface area contributed by atoms with Gasteiger partial charge < -0.3 is 9.69 Å². The molecule has 2 heteroatoms. The molecule has 0 N–H and O–H groups in total. The zero-order chi connectivity index (χ0) is 14.5. The van der Waals surface area contributed by atoms with Crippen LogP contribution in [0.3, 0.4) is 0 Å². The van der Waals surface area contributed by atoms with E-state index in [-0.39, 0.29) is 0 Å². The van der Waals surface area contributed by atoms with Gasteiger partial charge in [-0.3, -0.25) is 0 Å². The smallest absolute Gasteiger partial charge is 0.119 e. The highest BCUT2D eigenvalue weighted by Gasteiger charge is 2.02. The molecule has 0 aliphatic carbocycles. The molecule has 1 heterocycles. The van der Waals surface area contributed by atoms with E-state index < -0.39 is 0 Å². The second-order valence-electron chi connectivity index (χ2n) is 2.94. The Kier molecular flexibility index (Phi) is 54.0. The third-order valence-electron chi connectivity index (χ3n) is 1.75. The number of aldehydes is 1. The molecule has 0 spiro atoms. The van der Waals surface area contributed by atoms with E-state index in [1.807, 2.05) is 48.5 Å². The van der Waals surface area contributed by atoms with Crippen molar-refractivity contribution in [2.24, 2.45) is 0 Å². The standard InChI is InChI=1S/C6H13N.C3H6O.3C2H6/c1-7-5-3-2-4-6-7;1-2-3-4;3*1-2/h2-6H2,1H3;3H,2H2,1H3;3*1-2H3. The SMILES string of the molecule is CC.CC.CC.CCC=O.CN1CCCCC1. The number of nitrogens with zero attached hydrogens (tertiary/aromatic N) is 1. The molecule has 1 rings (SSSR count). The van der Waals surface area contributed by atoms with Crippen LogP contribution >= 0.6 is 0 Å². The van der Waals surface area contributed by atoms with Crippen LogP contribution in [0.25, 0.3) is 0 Å². The van der Waals surface area contributed by atoms with Crippen molar-refractivity contribution in [3.05, 3.63) is 0 Å². The Hall–Kier alpha value is -0.370. The number of carbonyl (C=O) groups is 1. The van der Waals surface area contributed by atoms with Crippen molar-refractivity contribution in [2.45, 2.75) is 74.1 Å². The van der Waals surface area contributed by atoms with Gasteiger partial charge >= 0.3 is 0 Å². The van der Waals surface area contributed by atoms with E-state index in [2.05, 4.69) is 11.9 Å². The van der Waals surface area contributed by atoms with E-state index in [1.165, 1.54) is 32.4 Å². The van der Waals surface area contributed by atoms with Crippen molar-refractivity contribution >= 4 is 6.29 Å². The van der Waals surface area contributed by atoms with Gasteiger partial charge in [0.1, 0.15) is 6.29 Å². The van der Waals surface area contributed by atoms with Crippen LogP contribution in [-0.4, -0.2) is 31.3 Å². The van der Waals surface area contributed by atoms with Gasteiger partial charge in [-0.2, -0.15) is 0 Å². The fraction of sp³-hybridized carbons (Fsp3) is 0.933. The topological polar surface area (TPSA) is 20.3 Å². The molecule has 108 valence electrons. The molecule has 0 aromatic carbocycles. The molecule has 1 aliphatic heterocycles. The van der Waals surface area contributed by atoms with Gasteiger partial charge in [-0.1, -0.05) is 54.9 Å². The summed E-state index contributed by atoms with van der Waals surface area (Å²) in [5.41, 5.74) is 0. The van der Waals surface area contributed by atoms with Gasteiger partial charge in [0, 0.05) is 6.42 Å². The predicted molar refractivity (Wildman–Crippen MR) is 81.7 cm³/mol. The van der Waals surface area contributed by atoms with Gasteiger partial charge in [0.15, 0.2) is 0 Å². The van der Waals surface area contributed by atoms with Crippen molar-refractivity contribution in [3.63, 3.8) is 0 Å². The quantitative estimate of drug-likeness (QED) is 0.622. The number of piperidine rings is 1. The van der Waals surface area contributed by atoms with Gasteiger partial charge in [0.25, 0.3) is 0 Å². The average molecular weight is 247 g/mol. The lowest BCUT2D eigenvalue weighted by Gasteiger charge is -2.20. The number of carbonyl (C=O) groups excluding carboxylic acids is 1. The molecule has 1 aliphatic rings. The lowest BCUT2D eigenvalue weighted by Crippen LogP contribution is -2.24. The zero-order valence-corrected chi connectivity index (χ0v) is 13.7. The Morgan fingerprint density at radius 1 is 0.882 bits per heavy atom. The van der Waals surface area contributed by atoms with Gasteiger partial charge in [-0.25, -0.2) is 0 Å². The molecule has 2 nitrogen and oxygen atoms in total. The van der Waals surface area contributed by atoms with Gasteiger partial charge in [-0.15, -0.1) is 0 Å². The van der Waals surface area contributed by atoms with E-state index in [0.717, 1.165) is 6.29 Å². The van der Waals surface area contributed by atoms with Crippen LogP contribution < -0.4 is 0 Å². The lowest BCUT2D eigenvalue weighted by molar-refractivity contribution is -0.107. The van der Waals surface area contributed by atoms with Crippen LogP contribution in [0, 0.1) is 0 Å². The fourth-order valence-corrected chi connectivity index (χ4v) is 1.05. The predicted octanol–water partition coefficient (Wildman–Crippen LogP) is 4.78. The fourth-order valence-electron chi connectivity index (χ4n) is 1.05. The molecular formula is C15H37NO. The summed E-state index contributed by atoms with van der Waals surface area (Å²) < 4.78 is 0. The third kappa shape index (κ3) is 39.0. The summed E-state index contributed by atoms with van der Waals surface area (Å²) in [5.74, 6) is 0. The van der Waals surface area contributed by atoms with Gasteiger partial charge in [0.05, 0.1) is 0 Å². The second-order valence-corrected chi connectivity index (χ2v) is 2.94. The number of likely N-dealkylation sites (tertiary alicyclic amines) is 1. The van der Waals surface area contributed by atoms with E-state index in [9.17, 15) is 4.79 Å². The minimum Gasteiger partial charge on any atom is -0.306 e. The Labute approximate surface area is 111 Å². The minimum atomic E-state index is 0.639. The number of hydrogen-bond acceptors (Lipinski definition) is 2. The molecule has 0 saturated carbocycles. The van der Waals surface area contributed by atoms with Crippen molar-refractivity contribution in [1.82, 2.24) is 4.90 Å². The molecule has 0 aromatic heterocycles. The highest BCUT2D eigenvalue weighted by Crippen LogP contribution is 2.04. The monoisotopic (exact) mass is 247 g/mol. The van der Waals surface area contributed by atoms with Crippen LogP contribution in [0.2, 0.25) is 0 Å². The summed E-state index contributed by atoms with van der Waals surface area (Å²) in [5, 5.41) is 0. The highest BCUT2D eigenvalue weighted by molar-refractivity contribution is 5.48. The minimum absolute atomic E-state index is 0.639. The third-order valence-corrected chi connectivity index (χ3v) is 1.75. The van der Waals surface area contributed by atoms with Crippen molar-refractivity contribution in [3.8, 4) is 0 Å². The maximum absolute atomic E-state index is 9.17. The maximum atomic E-state index is 9.17. The van der Waals surface area contributed by atoms with Crippen LogP contribution in [-0.2, 0) is 4.79 Å². The van der Waals surface area contributed by atoms with Crippen molar-refractivity contribution < 1.29 is 4.79 Å². The molecule has 0 bridgehead atoms. The lowest BCUT2D eigenvalue weighted by atomic mass is 10.1. The van der Waals surface area contributed by atoms with Crippen LogP contribution in [0.4, 0.5) is 0 Å². The summed E-state index contributed by atoms with van der Waals surface area (Å²) in [6.45, 7) is 16.5.